The Morgan fingerprint density at radius 3 is 2.88 bits per heavy atom. The average Bonchev–Trinajstić information content (AvgIpc) is 2.17. The van der Waals surface area contributed by atoms with Crippen LogP contribution in [0, 0.1) is 10.1 Å². The molecular formula is C8H10ClN3O4. The van der Waals surface area contributed by atoms with Gasteiger partial charge in [0.2, 0.25) is 5.15 Å². The van der Waals surface area contributed by atoms with E-state index in [0.717, 1.165) is 6.33 Å². The van der Waals surface area contributed by atoms with E-state index in [1.165, 1.54) is 7.11 Å². The van der Waals surface area contributed by atoms with Crippen LogP contribution in [0.5, 0.6) is 5.88 Å². The Kier molecular flexibility index (Phi) is 4.39. The van der Waals surface area contributed by atoms with Gasteiger partial charge in [0, 0.05) is 7.11 Å². The second-order valence-electron chi connectivity index (χ2n) is 2.96. The minimum absolute atomic E-state index is 0.158. The van der Waals surface area contributed by atoms with E-state index in [9.17, 15) is 10.1 Å². The highest BCUT2D eigenvalue weighted by atomic mass is 35.5. The first-order valence-corrected chi connectivity index (χ1v) is 4.74. The van der Waals surface area contributed by atoms with Gasteiger partial charge in [0.1, 0.15) is 12.4 Å². The van der Waals surface area contributed by atoms with E-state index < -0.39 is 10.6 Å². The van der Waals surface area contributed by atoms with Crippen LogP contribution in [0.2, 0.25) is 5.15 Å². The molecule has 0 bridgehead atoms. The van der Waals surface area contributed by atoms with Crippen molar-refractivity contribution in [1.82, 2.24) is 9.97 Å². The summed E-state index contributed by atoms with van der Waals surface area (Å²) in [6.07, 6.45) is 0.735. The van der Waals surface area contributed by atoms with Crippen LogP contribution in [0.3, 0.4) is 0 Å². The van der Waals surface area contributed by atoms with E-state index in [4.69, 9.17) is 21.1 Å². The molecule has 0 aliphatic heterocycles. The molecule has 0 saturated heterocycles. The van der Waals surface area contributed by atoms with Crippen molar-refractivity contribution in [3.63, 3.8) is 0 Å². The van der Waals surface area contributed by atoms with Gasteiger partial charge in [-0.3, -0.25) is 10.1 Å². The van der Waals surface area contributed by atoms with Crippen LogP contribution in [0.1, 0.15) is 6.92 Å². The van der Waals surface area contributed by atoms with Gasteiger partial charge in [0.15, 0.2) is 0 Å². The van der Waals surface area contributed by atoms with Crippen LogP contribution < -0.4 is 4.74 Å². The average molecular weight is 248 g/mol. The monoisotopic (exact) mass is 247 g/mol. The van der Waals surface area contributed by atoms with Crippen molar-refractivity contribution < 1.29 is 14.4 Å². The van der Waals surface area contributed by atoms with E-state index in [0.29, 0.717) is 6.61 Å². The lowest BCUT2D eigenvalue weighted by Gasteiger charge is -2.12. The fraction of sp³-hybridized carbons (Fsp3) is 0.500. The Labute approximate surface area is 96.5 Å². The molecule has 7 nitrogen and oxygen atoms in total. The number of rotatable bonds is 5. The normalized spacial score (nSPS) is 12.2. The van der Waals surface area contributed by atoms with Gasteiger partial charge >= 0.3 is 5.69 Å². The fourth-order valence-electron chi connectivity index (χ4n) is 1.04. The SMILES string of the molecule is COCC(C)Oc1ncnc(Cl)c1[N+](=O)[O-]. The number of nitro groups is 1. The lowest BCUT2D eigenvalue weighted by atomic mass is 10.4. The van der Waals surface area contributed by atoms with Crippen LogP contribution in [0.4, 0.5) is 5.69 Å². The third-order valence-electron chi connectivity index (χ3n) is 1.64. The topological polar surface area (TPSA) is 87.4 Å². The molecule has 1 aromatic heterocycles. The summed E-state index contributed by atoms with van der Waals surface area (Å²) in [5, 5.41) is 10.5. The van der Waals surface area contributed by atoms with E-state index in [1.807, 2.05) is 0 Å². The lowest BCUT2D eigenvalue weighted by molar-refractivity contribution is -0.386. The van der Waals surface area contributed by atoms with Gasteiger partial charge in [0.25, 0.3) is 5.88 Å². The number of nitrogens with zero attached hydrogens (tertiary/aromatic N) is 3. The van der Waals surface area contributed by atoms with Crippen molar-refractivity contribution in [2.75, 3.05) is 13.7 Å². The summed E-state index contributed by atoms with van der Waals surface area (Å²) < 4.78 is 10.1. The summed E-state index contributed by atoms with van der Waals surface area (Å²) in [7, 11) is 1.50. The van der Waals surface area contributed by atoms with Crippen molar-refractivity contribution in [3.05, 3.63) is 21.6 Å². The summed E-state index contributed by atoms with van der Waals surface area (Å²) >= 11 is 5.58. The van der Waals surface area contributed by atoms with E-state index in [1.54, 1.807) is 6.92 Å². The second kappa shape index (κ2) is 5.57. The Morgan fingerprint density at radius 1 is 1.62 bits per heavy atom. The van der Waals surface area contributed by atoms with E-state index in [2.05, 4.69) is 9.97 Å². The van der Waals surface area contributed by atoms with Gasteiger partial charge < -0.3 is 9.47 Å². The molecule has 0 saturated carbocycles. The van der Waals surface area contributed by atoms with Gasteiger partial charge in [0.05, 0.1) is 11.5 Å². The Hall–Kier alpha value is -1.47. The molecule has 0 aromatic carbocycles. The molecule has 1 aromatic rings. The molecule has 0 amide bonds. The van der Waals surface area contributed by atoms with Gasteiger partial charge in [-0.2, -0.15) is 4.98 Å². The number of ether oxygens (including phenoxy) is 2. The van der Waals surface area contributed by atoms with Gasteiger partial charge in [-0.25, -0.2) is 4.98 Å². The molecule has 0 aliphatic rings. The first-order valence-electron chi connectivity index (χ1n) is 4.36. The molecule has 0 radical (unpaired) electrons. The maximum absolute atomic E-state index is 10.7. The number of hydrogen-bond acceptors (Lipinski definition) is 6. The molecule has 1 unspecified atom stereocenters. The first kappa shape index (κ1) is 12.6. The standard InChI is InChI=1S/C8H10ClN3O4/c1-5(3-15-2)16-8-6(12(13)14)7(9)10-4-11-8/h4-5H,3H2,1-2H3. The van der Waals surface area contributed by atoms with Gasteiger partial charge in [-0.05, 0) is 6.92 Å². The summed E-state index contributed by atoms with van der Waals surface area (Å²) in [5.41, 5.74) is -0.438. The highest BCUT2D eigenvalue weighted by molar-refractivity contribution is 6.31. The van der Waals surface area contributed by atoms with Crippen LogP contribution in [0.15, 0.2) is 6.33 Å². The first-order chi connectivity index (χ1) is 7.56. The zero-order chi connectivity index (χ0) is 12.1. The summed E-state index contributed by atoms with van der Waals surface area (Å²) in [6.45, 7) is 1.99. The maximum atomic E-state index is 10.7. The molecule has 0 N–H and O–H groups in total. The third-order valence-corrected chi connectivity index (χ3v) is 1.92. The molecule has 88 valence electrons. The highest BCUT2D eigenvalue weighted by Gasteiger charge is 2.24. The molecule has 1 heterocycles. The molecule has 0 fully saturated rings. The van der Waals surface area contributed by atoms with Crippen LogP contribution in [0.25, 0.3) is 0 Å². The predicted molar refractivity (Wildman–Crippen MR) is 55.7 cm³/mol. The van der Waals surface area contributed by atoms with Crippen molar-refractivity contribution in [3.8, 4) is 5.88 Å². The Bertz CT molecular complexity index is 388. The molecule has 16 heavy (non-hydrogen) atoms. The van der Waals surface area contributed by atoms with Gasteiger partial charge in [-0.15, -0.1) is 0 Å². The fourth-order valence-corrected chi connectivity index (χ4v) is 1.23. The minimum Gasteiger partial charge on any atom is -0.467 e. The van der Waals surface area contributed by atoms with E-state index >= 15 is 0 Å². The van der Waals surface area contributed by atoms with Gasteiger partial charge in [-0.1, -0.05) is 11.6 Å². The summed E-state index contributed by atoms with van der Waals surface area (Å²) in [4.78, 5) is 17.2. The van der Waals surface area contributed by atoms with E-state index in [-0.39, 0.29) is 17.1 Å². The zero-order valence-electron chi connectivity index (χ0n) is 8.71. The summed E-state index contributed by atoms with van der Waals surface area (Å²) in [6, 6.07) is 0. The van der Waals surface area contributed by atoms with Crippen molar-refractivity contribution >= 4 is 17.3 Å². The highest BCUT2D eigenvalue weighted by Crippen LogP contribution is 2.30. The smallest absolute Gasteiger partial charge is 0.367 e. The van der Waals surface area contributed by atoms with Crippen LogP contribution >= 0.6 is 11.6 Å². The number of aromatic nitrogens is 2. The number of halogens is 1. The lowest BCUT2D eigenvalue weighted by Crippen LogP contribution is -2.19. The third kappa shape index (κ3) is 3.01. The maximum Gasteiger partial charge on any atom is 0.367 e. The molecular weight excluding hydrogens is 238 g/mol. The number of hydrogen-bond donors (Lipinski definition) is 0. The van der Waals surface area contributed by atoms with Crippen molar-refractivity contribution in [1.29, 1.82) is 0 Å². The second-order valence-corrected chi connectivity index (χ2v) is 3.32. The Balaban J connectivity index is 2.95. The molecule has 0 aliphatic carbocycles. The number of methoxy groups -OCH3 is 1. The van der Waals surface area contributed by atoms with Crippen molar-refractivity contribution in [2.24, 2.45) is 0 Å². The Morgan fingerprint density at radius 2 is 2.31 bits per heavy atom. The predicted octanol–water partition coefficient (Wildman–Crippen LogP) is 1.45. The summed E-state index contributed by atoms with van der Waals surface area (Å²) in [5.74, 6) is -0.158. The van der Waals surface area contributed by atoms with Crippen molar-refractivity contribution in [2.45, 2.75) is 13.0 Å². The molecule has 8 heteroatoms. The molecule has 0 spiro atoms. The molecule has 1 atom stereocenters. The largest absolute Gasteiger partial charge is 0.467 e. The van der Waals surface area contributed by atoms with Crippen LogP contribution in [-0.4, -0.2) is 34.7 Å². The minimum atomic E-state index is -0.683. The molecule has 1 rings (SSSR count). The van der Waals surface area contributed by atoms with Crippen LogP contribution in [-0.2, 0) is 4.74 Å². The zero-order valence-corrected chi connectivity index (χ0v) is 9.47. The quantitative estimate of drug-likeness (QED) is 0.445.